The molecule has 0 aromatic heterocycles. The molecular formula is C10H17BrN2O2. The van der Waals surface area contributed by atoms with Crippen molar-refractivity contribution < 1.29 is 9.59 Å². The van der Waals surface area contributed by atoms with E-state index in [0.29, 0.717) is 13.1 Å². The van der Waals surface area contributed by atoms with Gasteiger partial charge in [-0.25, -0.2) is 0 Å². The van der Waals surface area contributed by atoms with E-state index in [1.807, 2.05) is 0 Å². The highest BCUT2D eigenvalue weighted by atomic mass is 79.9. The van der Waals surface area contributed by atoms with Gasteiger partial charge in [0.1, 0.15) is 5.54 Å². The zero-order chi connectivity index (χ0) is 11.8. The van der Waals surface area contributed by atoms with Crippen LogP contribution in [0.15, 0.2) is 0 Å². The van der Waals surface area contributed by atoms with Gasteiger partial charge in [-0.1, -0.05) is 15.9 Å². The Morgan fingerprint density at radius 3 is 2.47 bits per heavy atom. The van der Waals surface area contributed by atoms with Crippen LogP contribution in [-0.2, 0) is 9.59 Å². The maximum atomic E-state index is 11.9. The third kappa shape index (κ3) is 2.17. The number of nitrogens with zero attached hydrogens (tertiary/aromatic N) is 2. The average molecular weight is 277 g/mol. The molecule has 0 aromatic rings. The summed E-state index contributed by atoms with van der Waals surface area (Å²) in [6.07, 6.45) is 0. The topological polar surface area (TPSA) is 40.6 Å². The summed E-state index contributed by atoms with van der Waals surface area (Å²) in [5, 5.41) is 0. The Morgan fingerprint density at radius 2 is 2.00 bits per heavy atom. The van der Waals surface area contributed by atoms with Crippen LogP contribution in [0.2, 0.25) is 0 Å². The van der Waals surface area contributed by atoms with Crippen molar-refractivity contribution in [2.45, 2.75) is 31.1 Å². The van der Waals surface area contributed by atoms with Gasteiger partial charge in [0.2, 0.25) is 11.8 Å². The molecule has 15 heavy (non-hydrogen) atoms. The van der Waals surface area contributed by atoms with Gasteiger partial charge in [-0.15, -0.1) is 0 Å². The van der Waals surface area contributed by atoms with Crippen LogP contribution in [0.1, 0.15) is 20.8 Å². The van der Waals surface area contributed by atoms with Crippen LogP contribution in [-0.4, -0.2) is 52.1 Å². The van der Waals surface area contributed by atoms with Gasteiger partial charge < -0.3 is 9.80 Å². The van der Waals surface area contributed by atoms with Crippen molar-refractivity contribution >= 4 is 27.7 Å². The normalized spacial score (nSPS) is 22.9. The molecule has 1 atom stereocenters. The number of hydrogen-bond donors (Lipinski definition) is 0. The van der Waals surface area contributed by atoms with Crippen molar-refractivity contribution in [3.63, 3.8) is 0 Å². The first-order valence-electron chi connectivity index (χ1n) is 4.99. The third-order valence-electron chi connectivity index (χ3n) is 2.81. The van der Waals surface area contributed by atoms with Gasteiger partial charge >= 0.3 is 0 Å². The van der Waals surface area contributed by atoms with Crippen molar-refractivity contribution in [1.82, 2.24) is 9.80 Å². The predicted octanol–water partition coefficient (Wildman–Crippen LogP) is 0.849. The number of rotatable bonds is 1. The first kappa shape index (κ1) is 12.5. The van der Waals surface area contributed by atoms with E-state index in [2.05, 4.69) is 15.9 Å². The second-order valence-corrected chi connectivity index (χ2v) is 5.77. The van der Waals surface area contributed by atoms with Crippen molar-refractivity contribution in [3.8, 4) is 0 Å². The molecule has 86 valence electrons. The van der Waals surface area contributed by atoms with Crippen LogP contribution >= 0.6 is 15.9 Å². The molecule has 0 aliphatic carbocycles. The van der Waals surface area contributed by atoms with E-state index >= 15 is 0 Å². The molecule has 0 spiro atoms. The maximum Gasteiger partial charge on any atom is 0.247 e. The summed E-state index contributed by atoms with van der Waals surface area (Å²) < 4.78 is 0. The first-order valence-corrected chi connectivity index (χ1v) is 5.91. The number of carbonyl (C=O) groups is 2. The molecule has 1 aliphatic heterocycles. The highest BCUT2D eigenvalue weighted by molar-refractivity contribution is 9.10. The van der Waals surface area contributed by atoms with Crippen molar-refractivity contribution in [3.05, 3.63) is 0 Å². The molecular weight excluding hydrogens is 260 g/mol. The van der Waals surface area contributed by atoms with E-state index in [0.717, 1.165) is 0 Å². The molecule has 1 heterocycles. The van der Waals surface area contributed by atoms with Crippen LogP contribution in [0.25, 0.3) is 0 Å². The summed E-state index contributed by atoms with van der Waals surface area (Å²) in [4.78, 5) is 26.8. The standard InChI is InChI=1S/C10H17BrN2O2/c1-7(11)8(14)13-6-5-12(4)9(15)10(13,2)3/h7H,5-6H2,1-4H3. The number of likely N-dealkylation sites (N-methyl/N-ethyl adjacent to an activating group) is 1. The van der Waals surface area contributed by atoms with Crippen molar-refractivity contribution in [2.75, 3.05) is 20.1 Å². The quantitative estimate of drug-likeness (QED) is 0.667. The van der Waals surface area contributed by atoms with E-state index in [1.165, 1.54) is 0 Å². The van der Waals surface area contributed by atoms with Gasteiger partial charge in [0.25, 0.3) is 0 Å². The fourth-order valence-electron chi connectivity index (χ4n) is 1.81. The lowest BCUT2D eigenvalue weighted by molar-refractivity contribution is -0.156. The van der Waals surface area contributed by atoms with Gasteiger partial charge in [0.05, 0.1) is 4.83 Å². The predicted molar refractivity (Wildman–Crippen MR) is 61.8 cm³/mol. The smallest absolute Gasteiger partial charge is 0.247 e. The highest BCUT2D eigenvalue weighted by Crippen LogP contribution is 2.23. The monoisotopic (exact) mass is 276 g/mol. The molecule has 0 aromatic carbocycles. The Hall–Kier alpha value is -0.580. The molecule has 0 saturated carbocycles. The van der Waals surface area contributed by atoms with Crippen LogP contribution in [0.3, 0.4) is 0 Å². The zero-order valence-corrected chi connectivity index (χ0v) is 11.2. The Labute approximate surface area is 98.7 Å². The maximum absolute atomic E-state index is 11.9. The first-order chi connectivity index (χ1) is 6.78. The van der Waals surface area contributed by atoms with Gasteiger partial charge in [-0.2, -0.15) is 0 Å². The molecule has 1 saturated heterocycles. The van der Waals surface area contributed by atoms with E-state index < -0.39 is 5.54 Å². The van der Waals surface area contributed by atoms with E-state index in [1.54, 1.807) is 37.6 Å². The highest BCUT2D eigenvalue weighted by Gasteiger charge is 2.43. The largest absolute Gasteiger partial charge is 0.342 e. The summed E-state index contributed by atoms with van der Waals surface area (Å²) in [6.45, 7) is 6.56. The minimum Gasteiger partial charge on any atom is -0.342 e. The number of piperazine rings is 1. The summed E-state index contributed by atoms with van der Waals surface area (Å²) >= 11 is 3.25. The van der Waals surface area contributed by atoms with Crippen LogP contribution in [0.4, 0.5) is 0 Å². The number of carbonyl (C=O) groups excluding carboxylic acids is 2. The Morgan fingerprint density at radius 1 is 1.47 bits per heavy atom. The van der Waals surface area contributed by atoms with E-state index in [-0.39, 0.29) is 16.6 Å². The molecule has 1 aliphatic rings. The fraction of sp³-hybridized carbons (Fsp3) is 0.800. The van der Waals surface area contributed by atoms with Crippen LogP contribution in [0, 0.1) is 0 Å². The molecule has 0 bridgehead atoms. The Bertz CT molecular complexity index is 289. The van der Waals surface area contributed by atoms with E-state index in [9.17, 15) is 9.59 Å². The lowest BCUT2D eigenvalue weighted by Gasteiger charge is -2.45. The van der Waals surface area contributed by atoms with Gasteiger partial charge in [0, 0.05) is 20.1 Å². The minimum absolute atomic E-state index is 0.00440. The fourth-order valence-corrected chi connectivity index (χ4v) is 2.06. The van der Waals surface area contributed by atoms with Gasteiger partial charge in [-0.3, -0.25) is 9.59 Å². The molecule has 5 heteroatoms. The third-order valence-corrected chi connectivity index (χ3v) is 3.20. The SMILES string of the molecule is CC(Br)C(=O)N1CCN(C)C(=O)C1(C)C. The molecule has 1 rings (SSSR count). The summed E-state index contributed by atoms with van der Waals surface area (Å²) in [5.41, 5.74) is -0.730. The van der Waals surface area contributed by atoms with Crippen molar-refractivity contribution in [2.24, 2.45) is 0 Å². The van der Waals surface area contributed by atoms with Gasteiger partial charge in [-0.05, 0) is 20.8 Å². The lowest BCUT2D eigenvalue weighted by atomic mass is 9.97. The minimum atomic E-state index is -0.730. The molecule has 0 N–H and O–H groups in total. The summed E-state index contributed by atoms with van der Waals surface area (Å²) in [6, 6.07) is 0. The second-order valence-electron chi connectivity index (χ2n) is 4.39. The van der Waals surface area contributed by atoms with Crippen LogP contribution in [0.5, 0.6) is 0 Å². The van der Waals surface area contributed by atoms with Gasteiger partial charge in [0.15, 0.2) is 0 Å². The molecule has 1 fully saturated rings. The number of amides is 2. The average Bonchev–Trinajstić information content (AvgIpc) is 2.13. The second kappa shape index (κ2) is 4.12. The molecule has 1 unspecified atom stereocenters. The number of hydrogen-bond acceptors (Lipinski definition) is 2. The number of alkyl halides is 1. The molecule has 0 radical (unpaired) electrons. The summed E-state index contributed by atoms with van der Waals surface area (Å²) in [7, 11) is 1.77. The van der Waals surface area contributed by atoms with Crippen LogP contribution < -0.4 is 0 Å². The Balaban J connectivity index is 2.92. The molecule has 4 nitrogen and oxygen atoms in total. The summed E-state index contributed by atoms with van der Waals surface area (Å²) in [5.74, 6) is -0.0308. The Kier molecular flexibility index (Phi) is 3.43. The van der Waals surface area contributed by atoms with Crippen molar-refractivity contribution in [1.29, 1.82) is 0 Å². The number of halogens is 1. The van der Waals surface area contributed by atoms with E-state index in [4.69, 9.17) is 0 Å². The zero-order valence-electron chi connectivity index (χ0n) is 9.58. The lowest BCUT2D eigenvalue weighted by Crippen LogP contribution is -2.64. The molecule has 2 amide bonds.